The van der Waals surface area contributed by atoms with Gasteiger partial charge in [-0.2, -0.15) is 9.37 Å². The second-order valence-electron chi connectivity index (χ2n) is 4.19. The van der Waals surface area contributed by atoms with Gasteiger partial charge in [-0.1, -0.05) is 36.2 Å². The first-order valence-corrected chi connectivity index (χ1v) is 7.00. The van der Waals surface area contributed by atoms with Gasteiger partial charge < -0.3 is 10.1 Å². The molecule has 1 N–H and O–H groups in total. The number of pyridine rings is 1. The van der Waals surface area contributed by atoms with Crippen LogP contribution in [0, 0.1) is 11.6 Å². The van der Waals surface area contributed by atoms with E-state index in [1.807, 2.05) is 6.92 Å². The molecule has 0 aliphatic carbocycles. The summed E-state index contributed by atoms with van der Waals surface area (Å²) in [5.41, 5.74) is 0. The average molecular weight is 333 g/mol. The van der Waals surface area contributed by atoms with E-state index in [9.17, 15) is 8.78 Å². The number of rotatable bonds is 5. The lowest BCUT2D eigenvalue weighted by molar-refractivity contribution is 0.406. The topological polar surface area (TPSA) is 34.2 Å². The normalized spacial score (nSPS) is 10.5. The van der Waals surface area contributed by atoms with Crippen LogP contribution in [0.4, 0.5) is 14.6 Å². The number of nitrogens with one attached hydrogen (secondary N) is 1. The highest BCUT2D eigenvalue weighted by Crippen LogP contribution is 2.34. The first-order valence-electron chi connectivity index (χ1n) is 6.24. The molecule has 7 heteroatoms. The molecule has 0 radical (unpaired) electrons. The van der Waals surface area contributed by atoms with E-state index < -0.39 is 11.6 Å². The van der Waals surface area contributed by atoms with Crippen molar-refractivity contribution in [2.75, 3.05) is 11.9 Å². The first kappa shape index (κ1) is 15.8. The van der Waals surface area contributed by atoms with Gasteiger partial charge in [0.15, 0.2) is 11.6 Å². The molecule has 0 saturated carbocycles. The maximum atomic E-state index is 13.6. The van der Waals surface area contributed by atoms with Crippen molar-refractivity contribution >= 4 is 29.0 Å². The van der Waals surface area contributed by atoms with Crippen LogP contribution in [0.15, 0.2) is 24.3 Å². The van der Waals surface area contributed by atoms with E-state index in [4.69, 9.17) is 27.9 Å². The van der Waals surface area contributed by atoms with Crippen LogP contribution in [0.5, 0.6) is 11.6 Å². The SMILES string of the molecule is CCCNc1nc(Oc2cccc(F)c2F)c(Cl)cc1Cl. The van der Waals surface area contributed by atoms with Gasteiger partial charge in [-0.25, -0.2) is 4.39 Å². The number of benzene rings is 1. The predicted molar refractivity (Wildman–Crippen MR) is 79.5 cm³/mol. The van der Waals surface area contributed by atoms with Crippen LogP contribution in [-0.4, -0.2) is 11.5 Å². The summed E-state index contributed by atoms with van der Waals surface area (Å²) in [6.45, 7) is 2.64. The molecule has 21 heavy (non-hydrogen) atoms. The predicted octanol–water partition coefficient (Wildman–Crippen LogP) is 5.28. The van der Waals surface area contributed by atoms with Gasteiger partial charge in [0.2, 0.25) is 11.7 Å². The third-order valence-electron chi connectivity index (χ3n) is 2.56. The molecule has 2 rings (SSSR count). The first-order chi connectivity index (χ1) is 10.0. The molecule has 1 aromatic heterocycles. The van der Waals surface area contributed by atoms with E-state index in [2.05, 4.69) is 10.3 Å². The average Bonchev–Trinajstić information content (AvgIpc) is 2.45. The van der Waals surface area contributed by atoms with E-state index >= 15 is 0 Å². The summed E-state index contributed by atoms with van der Waals surface area (Å²) in [6.07, 6.45) is 0.870. The van der Waals surface area contributed by atoms with Crippen LogP contribution in [0.3, 0.4) is 0 Å². The summed E-state index contributed by atoms with van der Waals surface area (Å²) in [5.74, 6) is -2.10. The van der Waals surface area contributed by atoms with Crippen LogP contribution >= 0.6 is 23.2 Å². The third kappa shape index (κ3) is 3.74. The Morgan fingerprint density at radius 2 is 2.00 bits per heavy atom. The zero-order valence-corrected chi connectivity index (χ0v) is 12.6. The zero-order chi connectivity index (χ0) is 15.4. The van der Waals surface area contributed by atoms with Crippen molar-refractivity contribution in [3.05, 3.63) is 45.9 Å². The zero-order valence-electron chi connectivity index (χ0n) is 11.1. The van der Waals surface area contributed by atoms with Crippen molar-refractivity contribution in [3.8, 4) is 11.6 Å². The van der Waals surface area contributed by atoms with Gasteiger partial charge in [0.1, 0.15) is 10.8 Å². The van der Waals surface area contributed by atoms with Crippen molar-refractivity contribution in [1.82, 2.24) is 4.98 Å². The second-order valence-corrected chi connectivity index (χ2v) is 5.00. The summed E-state index contributed by atoms with van der Waals surface area (Å²) in [4.78, 5) is 4.09. The van der Waals surface area contributed by atoms with Gasteiger partial charge in [-0.05, 0) is 24.6 Å². The molecule has 2 aromatic rings. The lowest BCUT2D eigenvalue weighted by atomic mass is 10.3. The molecule has 112 valence electrons. The van der Waals surface area contributed by atoms with Crippen molar-refractivity contribution < 1.29 is 13.5 Å². The third-order valence-corrected chi connectivity index (χ3v) is 3.12. The summed E-state index contributed by atoms with van der Waals surface area (Å²) in [7, 11) is 0. The molecule has 0 amide bonds. The summed E-state index contributed by atoms with van der Waals surface area (Å²) >= 11 is 12.0. The second kappa shape index (κ2) is 6.91. The lowest BCUT2D eigenvalue weighted by Crippen LogP contribution is -2.04. The van der Waals surface area contributed by atoms with Crippen molar-refractivity contribution in [1.29, 1.82) is 0 Å². The minimum atomic E-state index is -1.10. The molecular weight excluding hydrogens is 321 g/mol. The molecule has 1 heterocycles. The fraction of sp³-hybridized carbons (Fsp3) is 0.214. The number of hydrogen-bond acceptors (Lipinski definition) is 3. The van der Waals surface area contributed by atoms with Crippen LogP contribution in [0.2, 0.25) is 10.0 Å². The van der Waals surface area contributed by atoms with Crippen LogP contribution in [0.25, 0.3) is 0 Å². The Bertz CT molecular complexity index is 653. The number of nitrogens with zero attached hydrogens (tertiary/aromatic N) is 1. The Balaban J connectivity index is 2.33. The van der Waals surface area contributed by atoms with Gasteiger partial charge in [0.05, 0.1) is 5.02 Å². The molecule has 0 spiro atoms. The summed E-state index contributed by atoms with van der Waals surface area (Å²) in [5, 5.41) is 3.41. The van der Waals surface area contributed by atoms with E-state index in [1.165, 1.54) is 18.2 Å². The highest BCUT2D eigenvalue weighted by molar-refractivity contribution is 6.36. The fourth-order valence-electron chi connectivity index (χ4n) is 1.56. The van der Waals surface area contributed by atoms with Crippen LogP contribution in [-0.2, 0) is 0 Å². The van der Waals surface area contributed by atoms with Gasteiger partial charge in [0.25, 0.3) is 0 Å². The maximum absolute atomic E-state index is 13.6. The largest absolute Gasteiger partial charge is 0.434 e. The van der Waals surface area contributed by atoms with E-state index in [-0.39, 0.29) is 16.7 Å². The Morgan fingerprint density at radius 1 is 1.24 bits per heavy atom. The molecule has 0 fully saturated rings. The van der Waals surface area contributed by atoms with Crippen LogP contribution < -0.4 is 10.1 Å². The molecular formula is C14H12Cl2F2N2O. The van der Waals surface area contributed by atoms with E-state index in [0.717, 1.165) is 12.5 Å². The van der Waals surface area contributed by atoms with Gasteiger partial charge in [0, 0.05) is 6.54 Å². The van der Waals surface area contributed by atoms with E-state index in [0.29, 0.717) is 17.4 Å². The molecule has 0 aliphatic rings. The molecule has 0 atom stereocenters. The highest BCUT2D eigenvalue weighted by Gasteiger charge is 2.15. The summed E-state index contributed by atoms with van der Waals surface area (Å²) < 4.78 is 32.0. The number of ether oxygens (including phenoxy) is 1. The van der Waals surface area contributed by atoms with Gasteiger partial charge >= 0.3 is 0 Å². The monoisotopic (exact) mass is 332 g/mol. The Labute approximate surface area is 130 Å². The number of aromatic nitrogens is 1. The number of halogens is 4. The molecule has 1 aromatic carbocycles. The standard InChI is InChI=1S/C14H12Cl2F2N2O/c1-2-6-19-13-8(15)7-9(16)14(20-13)21-11-5-3-4-10(17)12(11)18/h3-5,7H,2,6H2,1H3,(H,19,20). The Kier molecular flexibility index (Phi) is 5.20. The highest BCUT2D eigenvalue weighted by atomic mass is 35.5. The number of anilines is 1. The summed E-state index contributed by atoms with van der Waals surface area (Å²) in [6, 6.07) is 5.03. The molecule has 3 nitrogen and oxygen atoms in total. The van der Waals surface area contributed by atoms with Gasteiger partial charge in [-0.3, -0.25) is 0 Å². The van der Waals surface area contributed by atoms with Crippen molar-refractivity contribution in [2.45, 2.75) is 13.3 Å². The molecule has 0 saturated heterocycles. The molecule has 0 aliphatic heterocycles. The fourth-order valence-corrected chi connectivity index (χ4v) is 2.02. The Morgan fingerprint density at radius 3 is 2.71 bits per heavy atom. The quantitative estimate of drug-likeness (QED) is 0.808. The lowest BCUT2D eigenvalue weighted by Gasteiger charge is -2.11. The molecule has 0 bridgehead atoms. The Hall–Kier alpha value is -1.59. The smallest absolute Gasteiger partial charge is 0.240 e. The minimum absolute atomic E-state index is 0.0517. The molecule has 0 unspecified atom stereocenters. The maximum Gasteiger partial charge on any atom is 0.240 e. The van der Waals surface area contributed by atoms with Crippen LogP contribution in [0.1, 0.15) is 13.3 Å². The van der Waals surface area contributed by atoms with Gasteiger partial charge in [-0.15, -0.1) is 0 Å². The number of hydrogen-bond donors (Lipinski definition) is 1. The van der Waals surface area contributed by atoms with Crippen molar-refractivity contribution in [2.24, 2.45) is 0 Å². The van der Waals surface area contributed by atoms with E-state index in [1.54, 1.807) is 0 Å². The van der Waals surface area contributed by atoms with Crippen molar-refractivity contribution in [3.63, 3.8) is 0 Å². The minimum Gasteiger partial charge on any atom is -0.434 e.